The lowest BCUT2D eigenvalue weighted by atomic mass is 10.1. The highest BCUT2D eigenvalue weighted by Gasteiger charge is 2.09. The van der Waals surface area contributed by atoms with Crippen molar-refractivity contribution in [1.29, 1.82) is 0 Å². The fourth-order valence-corrected chi connectivity index (χ4v) is 2.05. The van der Waals surface area contributed by atoms with E-state index in [0.717, 1.165) is 31.0 Å². The van der Waals surface area contributed by atoms with Gasteiger partial charge < -0.3 is 16.0 Å². The van der Waals surface area contributed by atoms with E-state index in [2.05, 4.69) is 44.0 Å². The minimum Gasteiger partial charge on any atom is -0.397 e. The van der Waals surface area contributed by atoms with E-state index in [9.17, 15) is 0 Å². The first kappa shape index (κ1) is 13.8. The zero-order valence-electron chi connectivity index (χ0n) is 11.5. The first-order chi connectivity index (χ1) is 8.08. The number of hydrogen-bond donors (Lipinski definition) is 2. The lowest BCUT2D eigenvalue weighted by Crippen LogP contribution is -2.35. The van der Waals surface area contributed by atoms with Crippen molar-refractivity contribution in [3.05, 3.63) is 23.8 Å². The van der Waals surface area contributed by atoms with Crippen LogP contribution in [0.25, 0.3) is 0 Å². The van der Waals surface area contributed by atoms with E-state index in [1.54, 1.807) is 0 Å². The van der Waals surface area contributed by atoms with E-state index in [0.29, 0.717) is 6.04 Å². The van der Waals surface area contributed by atoms with Crippen molar-refractivity contribution < 1.29 is 0 Å². The SMILES string of the molecule is CCN(CC)CC(C)Nc1c(C)cccc1N. The molecule has 0 aliphatic carbocycles. The van der Waals surface area contributed by atoms with Crippen molar-refractivity contribution >= 4 is 11.4 Å². The Morgan fingerprint density at radius 1 is 1.29 bits per heavy atom. The summed E-state index contributed by atoms with van der Waals surface area (Å²) in [6.07, 6.45) is 0. The quantitative estimate of drug-likeness (QED) is 0.745. The second kappa shape index (κ2) is 6.50. The third-order valence-corrected chi connectivity index (χ3v) is 3.12. The average molecular weight is 235 g/mol. The minimum absolute atomic E-state index is 0.401. The molecule has 3 nitrogen and oxygen atoms in total. The molecule has 1 rings (SSSR count). The molecule has 0 heterocycles. The van der Waals surface area contributed by atoms with E-state index in [-0.39, 0.29) is 0 Å². The van der Waals surface area contributed by atoms with Gasteiger partial charge >= 0.3 is 0 Å². The van der Waals surface area contributed by atoms with Gasteiger partial charge in [0.1, 0.15) is 0 Å². The summed E-state index contributed by atoms with van der Waals surface area (Å²) in [5.74, 6) is 0. The van der Waals surface area contributed by atoms with Crippen LogP contribution in [0.3, 0.4) is 0 Å². The number of nitrogens with two attached hydrogens (primary N) is 1. The van der Waals surface area contributed by atoms with Gasteiger partial charge in [-0.3, -0.25) is 0 Å². The Kier molecular flexibility index (Phi) is 5.29. The van der Waals surface area contributed by atoms with Crippen molar-refractivity contribution in [2.24, 2.45) is 0 Å². The molecule has 0 bridgehead atoms. The second-order valence-corrected chi connectivity index (χ2v) is 4.57. The number of nitrogen functional groups attached to an aromatic ring is 1. The maximum absolute atomic E-state index is 5.99. The summed E-state index contributed by atoms with van der Waals surface area (Å²) in [6.45, 7) is 11.9. The van der Waals surface area contributed by atoms with Crippen LogP contribution in [0.5, 0.6) is 0 Å². The molecule has 0 aliphatic rings. The highest BCUT2D eigenvalue weighted by Crippen LogP contribution is 2.23. The zero-order chi connectivity index (χ0) is 12.8. The standard InChI is InChI=1S/C14H25N3/c1-5-17(6-2)10-12(4)16-14-11(3)8-7-9-13(14)15/h7-9,12,16H,5-6,10,15H2,1-4H3. The number of rotatable bonds is 6. The van der Waals surface area contributed by atoms with Crippen LogP contribution < -0.4 is 11.1 Å². The van der Waals surface area contributed by atoms with Crippen LogP contribution >= 0.6 is 0 Å². The fraction of sp³-hybridized carbons (Fsp3) is 0.571. The number of nitrogens with one attached hydrogen (secondary N) is 1. The molecule has 1 unspecified atom stereocenters. The molecule has 1 aromatic rings. The van der Waals surface area contributed by atoms with Gasteiger partial charge in [0, 0.05) is 12.6 Å². The third-order valence-electron chi connectivity index (χ3n) is 3.12. The van der Waals surface area contributed by atoms with Crippen molar-refractivity contribution in [1.82, 2.24) is 4.90 Å². The van der Waals surface area contributed by atoms with Gasteiger partial charge in [-0.25, -0.2) is 0 Å². The first-order valence-electron chi connectivity index (χ1n) is 6.42. The smallest absolute Gasteiger partial charge is 0.0606 e. The molecule has 96 valence electrons. The van der Waals surface area contributed by atoms with Gasteiger partial charge in [-0.15, -0.1) is 0 Å². The molecule has 17 heavy (non-hydrogen) atoms. The molecule has 0 spiro atoms. The number of benzene rings is 1. The number of nitrogens with zero attached hydrogens (tertiary/aromatic N) is 1. The van der Waals surface area contributed by atoms with Crippen molar-refractivity contribution in [3.63, 3.8) is 0 Å². The van der Waals surface area contributed by atoms with Crippen LogP contribution in [0.2, 0.25) is 0 Å². The summed E-state index contributed by atoms with van der Waals surface area (Å²) < 4.78 is 0. The van der Waals surface area contributed by atoms with Crippen LogP contribution in [0.15, 0.2) is 18.2 Å². The molecule has 0 amide bonds. The summed E-state index contributed by atoms with van der Waals surface area (Å²) in [4.78, 5) is 2.41. The molecular weight excluding hydrogens is 210 g/mol. The summed E-state index contributed by atoms with van der Waals surface area (Å²) in [7, 11) is 0. The van der Waals surface area contributed by atoms with Crippen molar-refractivity contribution in [2.45, 2.75) is 33.7 Å². The molecule has 3 N–H and O–H groups in total. The number of aryl methyl sites for hydroxylation is 1. The lowest BCUT2D eigenvalue weighted by Gasteiger charge is -2.25. The Morgan fingerprint density at radius 2 is 1.94 bits per heavy atom. The van der Waals surface area contributed by atoms with Crippen molar-refractivity contribution in [2.75, 3.05) is 30.7 Å². The first-order valence-corrected chi connectivity index (χ1v) is 6.42. The second-order valence-electron chi connectivity index (χ2n) is 4.57. The molecule has 0 aliphatic heterocycles. The summed E-state index contributed by atoms with van der Waals surface area (Å²) in [6, 6.07) is 6.42. The maximum atomic E-state index is 5.99. The van der Waals surface area contributed by atoms with Gasteiger partial charge in [-0.05, 0) is 38.6 Å². The van der Waals surface area contributed by atoms with Gasteiger partial charge in [0.25, 0.3) is 0 Å². The van der Waals surface area contributed by atoms with Gasteiger partial charge in [-0.1, -0.05) is 26.0 Å². The fourth-order valence-electron chi connectivity index (χ4n) is 2.05. The Balaban J connectivity index is 2.64. The Hall–Kier alpha value is -1.22. The van der Waals surface area contributed by atoms with Crippen molar-refractivity contribution in [3.8, 4) is 0 Å². The van der Waals surface area contributed by atoms with E-state index < -0.39 is 0 Å². The van der Waals surface area contributed by atoms with E-state index in [4.69, 9.17) is 5.73 Å². The molecule has 0 radical (unpaired) electrons. The number of hydrogen-bond acceptors (Lipinski definition) is 3. The minimum atomic E-state index is 0.401. The predicted molar refractivity (Wildman–Crippen MR) is 76.5 cm³/mol. The molecular formula is C14H25N3. The average Bonchev–Trinajstić information content (AvgIpc) is 2.31. The summed E-state index contributed by atoms with van der Waals surface area (Å²) >= 11 is 0. The number of likely N-dealkylation sites (N-methyl/N-ethyl adjacent to an activating group) is 1. The number of anilines is 2. The highest BCUT2D eigenvalue weighted by atomic mass is 15.1. The van der Waals surface area contributed by atoms with E-state index >= 15 is 0 Å². The zero-order valence-corrected chi connectivity index (χ0v) is 11.5. The van der Waals surface area contributed by atoms with E-state index in [1.807, 2.05) is 12.1 Å². The Bertz CT molecular complexity index is 325. The van der Waals surface area contributed by atoms with Crippen LogP contribution in [0, 0.1) is 6.92 Å². The molecule has 0 aromatic heterocycles. The summed E-state index contributed by atoms with van der Waals surface area (Å²) in [5.41, 5.74) is 9.10. The van der Waals surface area contributed by atoms with Crippen LogP contribution in [0.4, 0.5) is 11.4 Å². The highest BCUT2D eigenvalue weighted by molar-refractivity contribution is 5.70. The normalized spacial score (nSPS) is 12.8. The van der Waals surface area contributed by atoms with Crippen LogP contribution in [0.1, 0.15) is 26.3 Å². The summed E-state index contributed by atoms with van der Waals surface area (Å²) in [5, 5.41) is 3.51. The van der Waals surface area contributed by atoms with Gasteiger partial charge in [-0.2, -0.15) is 0 Å². The molecule has 3 heteroatoms. The lowest BCUT2D eigenvalue weighted by molar-refractivity contribution is 0.295. The monoisotopic (exact) mass is 235 g/mol. The Morgan fingerprint density at radius 3 is 2.47 bits per heavy atom. The topological polar surface area (TPSA) is 41.3 Å². The predicted octanol–water partition coefficient (Wildman–Crippen LogP) is 2.72. The van der Waals surface area contributed by atoms with E-state index in [1.165, 1.54) is 5.56 Å². The molecule has 1 aromatic carbocycles. The van der Waals surface area contributed by atoms with Gasteiger partial charge in [0.15, 0.2) is 0 Å². The van der Waals surface area contributed by atoms with Gasteiger partial charge in [0.2, 0.25) is 0 Å². The number of para-hydroxylation sites is 1. The third kappa shape index (κ3) is 3.93. The van der Waals surface area contributed by atoms with Crippen LogP contribution in [-0.4, -0.2) is 30.6 Å². The molecule has 0 saturated heterocycles. The largest absolute Gasteiger partial charge is 0.397 e. The maximum Gasteiger partial charge on any atom is 0.0606 e. The molecule has 1 atom stereocenters. The molecule has 0 fully saturated rings. The Labute approximate surface area is 105 Å². The van der Waals surface area contributed by atoms with Crippen LogP contribution in [-0.2, 0) is 0 Å². The van der Waals surface area contributed by atoms with Gasteiger partial charge in [0.05, 0.1) is 11.4 Å². The molecule has 0 saturated carbocycles.